The molecule has 0 atom stereocenters. The number of anilines is 1. The topological polar surface area (TPSA) is 161 Å². The Bertz CT molecular complexity index is 1330. The number of carbonyl (C=O) groups is 3. The highest BCUT2D eigenvalue weighted by atomic mass is 16.7. The molecule has 0 spiro atoms. The second-order valence-electron chi connectivity index (χ2n) is 8.11. The van der Waals surface area contributed by atoms with E-state index >= 15 is 0 Å². The SMILES string of the molecule is O=C(COc1ccccc1C1=Nc2ccccc2NC(=O)C1)NCCOCCC(=O)On1c(O)ccc1O. The zero-order valence-corrected chi connectivity index (χ0v) is 20.3. The van der Waals surface area contributed by atoms with Crippen LogP contribution in [-0.2, 0) is 19.1 Å². The van der Waals surface area contributed by atoms with Gasteiger partial charge in [0.05, 0.1) is 43.1 Å². The Balaban J connectivity index is 1.21. The monoisotopic (exact) mass is 522 g/mol. The first-order valence-corrected chi connectivity index (χ1v) is 11.7. The molecule has 0 saturated heterocycles. The van der Waals surface area contributed by atoms with Crippen molar-refractivity contribution in [2.24, 2.45) is 4.99 Å². The van der Waals surface area contributed by atoms with E-state index in [-0.39, 0.29) is 51.0 Å². The fourth-order valence-corrected chi connectivity index (χ4v) is 3.55. The number of ether oxygens (including phenoxy) is 2. The van der Waals surface area contributed by atoms with Crippen LogP contribution >= 0.6 is 0 Å². The maximum Gasteiger partial charge on any atom is 0.335 e. The first-order chi connectivity index (χ1) is 18.4. The third-order valence-corrected chi connectivity index (χ3v) is 5.33. The molecule has 0 saturated carbocycles. The van der Waals surface area contributed by atoms with Gasteiger partial charge in [-0.25, -0.2) is 9.79 Å². The summed E-state index contributed by atoms with van der Waals surface area (Å²) in [5.41, 5.74) is 2.40. The lowest BCUT2D eigenvalue weighted by molar-refractivity contribution is -0.146. The second kappa shape index (κ2) is 12.4. The number of hydrogen-bond donors (Lipinski definition) is 4. The second-order valence-corrected chi connectivity index (χ2v) is 8.11. The van der Waals surface area contributed by atoms with Crippen molar-refractivity contribution in [3.05, 3.63) is 66.2 Å². The third kappa shape index (κ3) is 6.89. The molecule has 0 unspecified atom stereocenters. The van der Waals surface area contributed by atoms with Crippen LogP contribution in [0.15, 0.2) is 65.7 Å². The van der Waals surface area contributed by atoms with Crippen molar-refractivity contribution in [1.29, 1.82) is 0 Å². The minimum Gasteiger partial charge on any atom is -0.492 e. The number of carbonyl (C=O) groups excluding carboxylic acids is 3. The van der Waals surface area contributed by atoms with Crippen LogP contribution in [0.2, 0.25) is 0 Å². The van der Waals surface area contributed by atoms with E-state index in [1.54, 1.807) is 36.4 Å². The highest BCUT2D eigenvalue weighted by molar-refractivity contribution is 6.17. The molecule has 12 nitrogen and oxygen atoms in total. The van der Waals surface area contributed by atoms with Gasteiger partial charge in [-0.15, -0.1) is 4.73 Å². The van der Waals surface area contributed by atoms with Crippen LogP contribution in [-0.4, -0.2) is 64.8 Å². The molecule has 0 fully saturated rings. The number of nitrogens with zero attached hydrogens (tertiary/aromatic N) is 2. The molecule has 1 aliphatic heterocycles. The lowest BCUT2D eigenvalue weighted by Gasteiger charge is -2.12. The molecule has 3 aromatic rings. The Morgan fingerprint density at radius 3 is 2.55 bits per heavy atom. The zero-order chi connectivity index (χ0) is 26.9. The number of para-hydroxylation sites is 3. The summed E-state index contributed by atoms with van der Waals surface area (Å²) in [5.74, 6) is -1.71. The molecule has 4 N–H and O–H groups in total. The van der Waals surface area contributed by atoms with E-state index in [1.807, 2.05) is 12.1 Å². The molecule has 0 bridgehead atoms. The first kappa shape index (κ1) is 26.2. The summed E-state index contributed by atoms with van der Waals surface area (Å²) in [6.45, 7) is 0.0755. The molecule has 38 heavy (non-hydrogen) atoms. The highest BCUT2D eigenvalue weighted by Crippen LogP contribution is 2.30. The fraction of sp³-hybridized carbons (Fsp3) is 0.231. The molecule has 0 radical (unpaired) electrons. The van der Waals surface area contributed by atoms with Crippen LogP contribution in [0.5, 0.6) is 17.5 Å². The molecule has 0 aliphatic carbocycles. The van der Waals surface area contributed by atoms with Crippen molar-refractivity contribution in [2.45, 2.75) is 12.8 Å². The van der Waals surface area contributed by atoms with Crippen LogP contribution in [0, 0.1) is 0 Å². The molecular formula is C26H26N4O8. The Hall–Kier alpha value is -4.84. The van der Waals surface area contributed by atoms with Gasteiger partial charge in [-0.2, -0.15) is 0 Å². The smallest absolute Gasteiger partial charge is 0.335 e. The van der Waals surface area contributed by atoms with E-state index in [1.165, 1.54) is 12.1 Å². The van der Waals surface area contributed by atoms with E-state index in [2.05, 4.69) is 15.6 Å². The molecule has 1 aliphatic rings. The van der Waals surface area contributed by atoms with E-state index < -0.39 is 17.7 Å². The van der Waals surface area contributed by atoms with Gasteiger partial charge in [-0.3, -0.25) is 9.59 Å². The molecule has 1 aromatic heterocycles. The van der Waals surface area contributed by atoms with Crippen molar-refractivity contribution < 1.29 is 38.9 Å². The average Bonchev–Trinajstić information content (AvgIpc) is 3.11. The average molecular weight is 523 g/mol. The molecule has 4 rings (SSSR count). The van der Waals surface area contributed by atoms with E-state index in [4.69, 9.17) is 14.3 Å². The van der Waals surface area contributed by atoms with Crippen molar-refractivity contribution in [2.75, 3.05) is 31.7 Å². The molecule has 198 valence electrons. The van der Waals surface area contributed by atoms with Gasteiger partial charge in [0, 0.05) is 24.2 Å². The lowest BCUT2D eigenvalue weighted by Crippen LogP contribution is -2.32. The van der Waals surface area contributed by atoms with Crippen molar-refractivity contribution in [3.8, 4) is 17.5 Å². The van der Waals surface area contributed by atoms with Gasteiger partial charge in [-0.05, 0) is 24.3 Å². The Morgan fingerprint density at radius 2 is 1.74 bits per heavy atom. The molecule has 2 amide bonds. The molecule has 2 aromatic carbocycles. The van der Waals surface area contributed by atoms with Crippen LogP contribution in [0.4, 0.5) is 11.4 Å². The number of rotatable bonds is 11. The third-order valence-electron chi connectivity index (χ3n) is 5.33. The zero-order valence-electron chi connectivity index (χ0n) is 20.3. The lowest BCUT2D eigenvalue weighted by atomic mass is 10.1. The number of benzene rings is 2. The predicted octanol–water partition coefficient (Wildman–Crippen LogP) is 1.92. The number of fused-ring (bicyclic) bond motifs is 1. The number of amides is 2. The van der Waals surface area contributed by atoms with Crippen LogP contribution in [0.3, 0.4) is 0 Å². The number of aromatic nitrogens is 1. The Morgan fingerprint density at radius 1 is 1.00 bits per heavy atom. The summed E-state index contributed by atoms with van der Waals surface area (Å²) in [7, 11) is 0. The fourth-order valence-electron chi connectivity index (χ4n) is 3.55. The first-order valence-electron chi connectivity index (χ1n) is 11.7. The Kier molecular flexibility index (Phi) is 8.57. The van der Waals surface area contributed by atoms with Crippen LogP contribution < -0.4 is 20.2 Å². The predicted molar refractivity (Wildman–Crippen MR) is 136 cm³/mol. The Labute approximate surface area is 217 Å². The largest absolute Gasteiger partial charge is 0.492 e. The van der Waals surface area contributed by atoms with Gasteiger partial charge in [-0.1, -0.05) is 24.3 Å². The van der Waals surface area contributed by atoms with Gasteiger partial charge >= 0.3 is 5.97 Å². The van der Waals surface area contributed by atoms with Gasteiger partial charge in [0.15, 0.2) is 6.61 Å². The van der Waals surface area contributed by atoms with Crippen molar-refractivity contribution in [1.82, 2.24) is 10.0 Å². The van der Waals surface area contributed by atoms with Gasteiger partial charge in [0.2, 0.25) is 17.7 Å². The summed E-state index contributed by atoms with van der Waals surface area (Å²) < 4.78 is 11.6. The molecule has 2 heterocycles. The van der Waals surface area contributed by atoms with Crippen molar-refractivity contribution in [3.63, 3.8) is 0 Å². The maximum atomic E-state index is 12.4. The van der Waals surface area contributed by atoms with Crippen LogP contribution in [0.1, 0.15) is 18.4 Å². The maximum absolute atomic E-state index is 12.4. The minimum absolute atomic E-state index is 0.0141. The van der Waals surface area contributed by atoms with Crippen LogP contribution in [0.25, 0.3) is 0 Å². The summed E-state index contributed by atoms with van der Waals surface area (Å²) in [4.78, 5) is 45.8. The normalized spacial score (nSPS) is 12.5. The molecule has 12 heteroatoms. The standard InChI is InChI=1S/C26H26N4O8/c31-22-15-20(28-18-6-2-3-7-19(18)29-22)17-5-1-4-8-21(17)37-16-23(32)27-12-14-36-13-11-26(35)38-30-24(33)9-10-25(30)34/h1-10,33-34H,11-16H2,(H,27,32)(H,29,31). The van der Waals surface area contributed by atoms with E-state index in [9.17, 15) is 24.6 Å². The summed E-state index contributed by atoms with van der Waals surface area (Å²) in [6.07, 6.45) is -0.0722. The number of nitrogens with one attached hydrogen (secondary N) is 2. The number of hydrogen-bond acceptors (Lipinski definition) is 9. The van der Waals surface area contributed by atoms with E-state index in [0.717, 1.165) is 0 Å². The number of aromatic hydroxyl groups is 2. The van der Waals surface area contributed by atoms with Gasteiger partial charge in [0.25, 0.3) is 5.91 Å². The van der Waals surface area contributed by atoms with Gasteiger partial charge in [0.1, 0.15) is 5.75 Å². The summed E-state index contributed by atoms with van der Waals surface area (Å²) in [6, 6.07) is 16.6. The van der Waals surface area contributed by atoms with Gasteiger partial charge < -0.3 is 35.2 Å². The number of aliphatic imine (C=N–C) groups is 1. The summed E-state index contributed by atoms with van der Waals surface area (Å²) >= 11 is 0. The highest BCUT2D eigenvalue weighted by Gasteiger charge is 2.20. The summed E-state index contributed by atoms with van der Waals surface area (Å²) in [5, 5.41) is 24.4. The minimum atomic E-state index is -0.720. The van der Waals surface area contributed by atoms with Crippen molar-refractivity contribution >= 4 is 34.9 Å². The molecular weight excluding hydrogens is 496 g/mol. The quantitative estimate of drug-likeness (QED) is 0.278. The van der Waals surface area contributed by atoms with E-state index in [0.29, 0.717) is 33.1 Å².